The number of benzene rings is 1. The first kappa shape index (κ1) is 16.2. The quantitative estimate of drug-likeness (QED) is 0.905. The smallest absolute Gasteiger partial charge is 0.483 e. The van der Waals surface area contributed by atoms with Crippen LogP contribution in [-0.4, -0.2) is 16.9 Å². The minimum absolute atomic E-state index is 0.264. The molecule has 0 amide bonds. The zero-order chi connectivity index (χ0) is 17.5. The Bertz CT molecular complexity index is 846. The van der Waals surface area contributed by atoms with E-state index in [1.807, 2.05) is 13.8 Å². The number of aromatic amines is 1. The third-order valence-electron chi connectivity index (χ3n) is 3.43. The van der Waals surface area contributed by atoms with Crippen molar-refractivity contribution in [2.24, 2.45) is 0 Å². The standard InChI is InChI=1S/C17H14F3NO3/c1-16(2)8-13(10-3-6-15(22)21-9-10)12-7-11(23-17(18,19)20)4-5-14(12)24-16/h3-9H,1-2H3,(H,21,22). The van der Waals surface area contributed by atoms with Gasteiger partial charge >= 0.3 is 6.36 Å². The number of rotatable bonds is 2. The first-order valence-electron chi connectivity index (χ1n) is 7.14. The van der Waals surface area contributed by atoms with E-state index in [4.69, 9.17) is 4.74 Å². The summed E-state index contributed by atoms with van der Waals surface area (Å²) < 4.78 is 47.1. The average Bonchev–Trinajstić information content (AvgIpc) is 2.45. The highest BCUT2D eigenvalue weighted by Gasteiger charge is 2.33. The van der Waals surface area contributed by atoms with Crippen LogP contribution in [0.4, 0.5) is 13.2 Å². The summed E-state index contributed by atoms with van der Waals surface area (Å²) in [4.78, 5) is 13.8. The number of nitrogens with one attached hydrogen (secondary N) is 1. The number of hydrogen-bond acceptors (Lipinski definition) is 3. The lowest BCUT2D eigenvalue weighted by Crippen LogP contribution is -2.29. The van der Waals surface area contributed by atoms with E-state index in [1.54, 1.807) is 12.1 Å². The van der Waals surface area contributed by atoms with E-state index in [0.29, 0.717) is 22.4 Å². The Hall–Kier alpha value is -2.70. The zero-order valence-electron chi connectivity index (χ0n) is 12.9. The van der Waals surface area contributed by atoms with Crippen LogP contribution in [0.15, 0.2) is 47.4 Å². The number of fused-ring (bicyclic) bond motifs is 1. The predicted octanol–water partition coefficient (Wildman–Crippen LogP) is 3.88. The van der Waals surface area contributed by atoms with E-state index in [-0.39, 0.29) is 11.3 Å². The van der Waals surface area contributed by atoms with Gasteiger partial charge in [-0.3, -0.25) is 4.79 Å². The summed E-state index contributed by atoms with van der Waals surface area (Å²) in [5, 5.41) is 0. The number of H-pyrrole nitrogens is 1. The molecular formula is C17H14F3NO3. The number of hydrogen-bond donors (Lipinski definition) is 1. The van der Waals surface area contributed by atoms with Gasteiger partial charge in [0.15, 0.2) is 0 Å². The molecule has 0 radical (unpaired) electrons. The van der Waals surface area contributed by atoms with Crippen molar-refractivity contribution >= 4 is 5.57 Å². The van der Waals surface area contributed by atoms with Crippen molar-refractivity contribution in [1.82, 2.24) is 4.98 Å². The van der Waals surface area contributed by atoms with Crippen LogP contribution >= 0.6 is 0 Å². The SMILES string of the molecule is CC1(C)C=C(c2ccc(=O)[nH]c2)c2cc(OC(F)(F)F)ccc2O1. The van der Waals surface area contributed by atoms with E-state index in [1.165, 1.54) is 30.5 Å². The van der Waals surface area contributed by atoms with Gasteiger partial charge < -0.3 is 14.5 Å². The molecule has 4 nitrogen and oxygen atoms in total. The Kier molecular flexibility index (Phi) is 3.66. The molecule has 0 aliphatic carbocycles. The molecule has 0 saturated heterocycles. The van der Waals surface area contributed by atoms with Gasteiger partial charge in [-0.15, -0.1) is 13.2 Å². The van der Waals surface area contributed by atoms with E-state index in [2.05, 4.69) is 9.72 Å². The second-order valence-corrected chi connectivity index (χ2v) is 5.91. The molecule has 7 heteroatoms. The maximum Gasteiger partial charge on any atom is 0.573 e. The number of alkyl halides is 3. The van der Waals surface area contributed by atoms with Gasteiger partial charge in [-0.2, -0.15) is 0 Å². The van der Waals surface area contributed by atoms with Crippen LogP contribution < -0.4 is 15.0 Å². The second-order valence-electron chi connectivity index (χ2n) is 5.91. The van der Waals surface area contributed by atoms with Gasteiger partial charge in [0.05, 0.1) is 0 Å². The molecule has 2 heterocycles. The first-order chi connectivity index (χ1) is 11.1. The summed E-state index contributed by atoms with van der Waals surface area (Å²) in [5.74, 6) is 0.109. The van der Waals surface area contributed by atoms with Crippen molar-refractivity contribution < 1.29 is 22.6 Å². The molecule has 0 saturated carbocycles. The molecule has 0 unspecified atom stereocenters. The second kappa shape index (κ2) is 5.43. The molecule has 1 aliphatic heterocycles. The third-order valence-corrected chi connectivity index (χ3v) is 3.43. The molecule has 0 bridgehead atoms. The lowest BCUT2D eigenvalue weighted by atomic mass is 9.90. The van der Waals surface area contributed by atoms with Gasteiger partial charge in [-0.25, -0.2) is 0 Å². The van der Waals surface area contributed by atoms with E-state index >= 15 is 0 Å². The van der Waals surface area contributed by atoms with E-state index in [0.717, 1.165) is 0 Å². The molecule has 1 aromatic carbocycles. The molecule has 126 valence electrons. The van der Waals surface area contributed by atoms with Crippen LogP contribution in [0.2, 0.25) is 0 Å². The molecule has 1 aliphatic rings. The fourth-order valence-electron chi connectivity index (χ4n) is 2.56. The van der Waals surface area contributed by atoms with Crippen molar-refractivity contribution in [3.8, 4) is 11.5 Å². The summed E-state index contributed by atoms with van der Waals surface area (Å²) in [6.45, 7) is 3.67. The van der Waals surface area contributed by atoms with Crippen LogP contribution in [0.1, 0.15) is 25.0 Å². The number of ether oxygens (including phenoxy) is 2. The third kappa shape index (κ3) is 3.45. The summed E-state index contributed by atoms with van der Waals surface area (Å²) in [7, 11) is 0. The monoisotopic (exact) mass is 337 g/mol. The molecular weight excluding hydrogens is 323 g/mol. The van der Waals surface area contributed by atoms with Crippen LogP contribution in [-0.2, 0) is 0 Å². The fraction of sp³-hybridized carbons (Fsp3) is 0.235. The summed E-state index contributed by atoms with van der Waals surface area (Å²) in [6.07, 6.45) is -1.47. The Morgan fingerprint density at radius 3 is 2.54 bits per heavy atom. The van der Waals surface area contributed by atoms with Gasteiger partial charge in [0.25, 0.3) is 0 Å². The minimum Gasteiger partial charge on any atom is -0.483 e. The van der Waals surface area contributed by atoms with Crippen LogP contribution in [0.3, 0.4) is 0 Å². The molecule has 24 heavy (non-hydrogen) atoms. The Balaban J connectivity index is 2.11. The van der Waals surface area contributed by atoms with Crippen LogP contribution in [0.25, 0.3) is 5.57 Å². The maximum atomic E-state index is 12.5. The normalized spacial score (nSPS) is 16.0. The Labute approximate surface area is 135 Å². The lowest BCUT2D eigenvalue weighted by molar-refractivity contribution is -0.274. The molecule has 0 fully saturated rings. The zero-order valence-corrected chi connectivity index (χ0v) is 12.9. The largest absolute Gasteiger partial charge is 0.573 e. The lowest BCUT2D eigenvalue weighted by Gasteiger charge is -2.31. The fourth-order valence-corrected chi connectivity index (χ4v) is 2.56. The molecule has 0 atom stereocenters. The van der Waals surface area contributed by atoms with Crippen LogP contribution in [0.5, 0.6) is 11.5 Å². The average molecular weight is 337 g/mol. The van der Waals surface area contributed by atoms with Crippen molar-refractivity contribution in [3.05, 3.63) is 64.1 Å². The molecule has 1 N–H and O–H groups in total. The van der Waals surface area contributed by atoms with Crippen molar-refractivity contribution in [1.29, 1.82) is 0 Å². The molecule has 2 aromatic rings. The van der Waals surface area contributed by atoms with Gasteiger partial charge in [0.1, 0.15) is 17.1 Å². The predicted molar refractivity (Wildman–Crippen MR) is 82.0 cm³/mol. The van der Waals surface area contributed by atoms with Gasteiger partial charge in [-0.1, -0.05) is 0 Å². The number of pyridine rings is 1. The Morgan fingerprint density at radius 2 is 1.92 bits per heavy atom. The molecule has 3 rings (SSSR count). The van der Waals surface area contributed by atoms with Crippen molar-refractivity contribution in [2.45, 2.75) is 25.8 Å². The Morgan fingerprint density at radius 1 is 1.17 bits per heavy atom. The van der Waals surface area contributed by atoms with Crippen LogP contribution in [0, 0.1) is 0 Å². The summed E-state index contributed by atoms with van der Waals surface area (Å²) in [6, 6.07) is 6.88. The number of halogens is 3. The van der Waals surface area contributed by atoms with Gasteiger partial charge in [0.2, 0.25) is 5.56 Å². The topological polar surface area (TPSA) is 51.3 Å². The van der Waals surface area contributed by atoms with Crippen molar-refractivity contribution in [2.75, 3.05) is 0 Å². The summed E-state index contributed by atoms with van der Waals surface area (Å²) in [5.41, 5.74) is 0.870. The highest BCUT2D eigenvalue weighted by molar-refractivity contribution is 5.85. The van der Waals surface area contributed by atoms with Gasteiger partial charge in [0, 0.05) is 17.8 Å². The molecule has 0 spiro atoms. The molecule has 1 aromatic heterocycles. The highest BCUT2D eigenvalue weighted by Crippen LogP contribution is 2.41. The number of aromatic nitrogens is 1. The van der Waals surface area contributed by atoms with Gasteiger partial charge in [-0.05, 0) is 55.3 Å². The maximum absolute atomic E-state index is 12.5. The highest BCUT2D eigenvalue weighted by atomic mass is 19.4. The summed E-state index contributed by atoms with van der Waals surface area (Å²) >= 11 is 0. The van der Waals surface area contributed by atoms with E-state index in [9.17, 15) is 18.0 Å². The minimum atomic E-state index is -4.77. The van der Waals surface area contributed by atoms with E-state index < -0.39 is 12.0 Å². The van der Waals surface area contributed by atoms with Crippen molar-refractivity contribution in [3.63, 3.8) is 0 Å². The first-order valence-corrected chi connectivity index (χ1v) is 7.14.